The van der Waals surface area contributed by atoms with Crippen LogP contribution in [-0.4, -0.2) is 18.4 Å². The molecule has 27 heavy (non-hydrogen) atoms. The van der Waals surface area contributed by atoms with Gasteiger partial charge in [0.05, 0.1) is 30.6 Å². The third-order valence-corrected chi connectivity index (χ3v) is 5.49. The van der Waals surface area contributed by atoms with Crippen molar-refractivity contribution < 1.29 is 4.57 Å². The summed E-state index contributed by atoms with van der Waals surface area (Å²) in [5, 5.41) is 0. The molecule has 0 spiro atoms. The van der Waals surface area contributed by atoms with E-state index in [-0.39, 0.29) is 0 Å². The van der Waals surface area contributed by atoms with Crippen molar-refractivity contribution in [3.8, 4) is 0 Å². The van der Waals surface area contributed by atoms with E-state index in [2.05, 4.69) is 98.8 Å². The monoisotopic (exact) mass is 352 g/mol. The van der Waals surface area contributed by atoms with Crippen molar-refractivity contribution in [2.45, 2.75) is 0 Å². The average Bonchev–Trinajstić information content (AvgIpc) is 3.20. The minimum Gasteiger partial charge on any atom is -0.262 e. The molecule has 0 fully saturated rings. The van der Waals surface area contributed by atoms with Gasteiger partial charge in [-0.1, -0.05) is 36.4 Å². The fourth-order valence-electron chi connectivity index (χ4n) is 4.32. The molecule has 0 saturated carbocycles. The number of aromatic nitrogens is 5. The van der Waals surface area contributed by atoms with Gasteiger partial charge in [0.1, 0.15) is 16.6 Å². The molecule has 3 heterocycles. The van der Waals surface area contributed by atoms with E-state index in [1.54, 1.807) is 0 Å². The second kappa shape index (κ2) is 4.98. The Labute approximate surface area is 155 Å². The summed E-state index contributed by atoms with van der Waals surface area (Å²) in [5.74, 6) is 2.00. The van der Waals surface area contributed by atoms with Crippen molar-refractivity contribution in [1.82, 2.24) is 18.4 Å². The molecule has 0 aliphatic heterocycles. The first-order chi connectivity index (χ1) is 13.3. The van der Waals surface area contributed by atoms with Gasteiger partial charge in [-0.2, -0.15) is 9.38 Å². The largest absolute Gasteiger partial charge is 0.372 e. The van der Waals surface area contributed by atoms with E-state index in [0.717, 1.165) is 33.6 Å². The summed E-state index contributed by atoms with van der Waals surface area (Å²) < 4.78 is 9.00. The molecule has 0 aliphatic rings. The third kappa shape index (κ3) is 1.73. The number of nitrogens with zero attached hydrogens (tertiary/aromatic N) is 5. The molecule has 0 bridgehead atoms. The summed E-state index contributed by atoms with van der Waals surface area (Å²) in [4.78, 5) is 4.97. The number of fused-ring (bicyclic) bond motifs is 9. The van der Waals surface area contributed by atoms with Gasteiger partial charge >= 0.3 is 5.78 Å². The molecule has 6 aromatic rings. The molecule has 0 aliphatic carbocycles. The number of hydrogen-bond acceptors (Lipinski definition) is 1. The van der Waals surface area contributed by atoms with Crippen LogP contribution in [0.25, 0.3) is 44.7 Å². The van der Waals surface area contributed by atoms with Gasteiger partial charge in [-0.3, -0.25) is 4.40 Å². The number of benzene rings is 3. The van der Waals surface area contributed by atoms with E-state index in [9.17, 15) is 0 Å². The van der Waals surface area contributed by atoms with Gasteiger partial charge in [0.2, 0.25) is 0 Å². The molecule has 0 unspecified atom stereocenters. The molecule has 5 heteroatoms. The van der Waals surface area contributed by atoms with Crippen LogP contribution >= 0.6 is 0 Å². The van der Waals surface area contributed by atoms with E-state index in [1.807, 2.05) is 6.07 Å². The fourth-order valence-corrected chi connectivity index (χ4v) is 4.32. The number of para-hydroxylation sites is 6. The highest BCUT2D eigenvalue weighted by molar-refractivity contribution is 5.90. The zero-order valence-electron chi connectivity index (χ0n) is 15.2. The Morgan fingerprint density at radius 2 is 1.30 bits per heavy atom. The first kappa shape index (κ1) is 14.6. The Hall–Kier alpha value is -3.60. The number of hydrogen-bond donors (Lipinski definition) is 0. The number of aryl methyl sites for hydroxylation is 2. The van der Waals surface area contributed by atoms with Crippen LogP contribution in [0.1, 0.15) is 0 Å². The molecule has 3 aromatic heterocycles. The minimum atomic E-state index is 0.917. The van der Waals surface area contributed by atoms with Crippen LogP contribution in [0.5, 0.6) is 0 Å². The lowest BCUT2D eigenvalue weighted by atomic mass is 10.2. The smallest absolute Gasteiger partial charge is 0.262 e. The van der Waals surface area contributed by atoms with Crippen molar-refractivity contribution in [3.05, 3.63) is 72.8 Å². The lowest BCUT2D eigenvalue weighted by Crippen LogP contribution is -2.30. The van der Waals surface area contributed by atoms with Crippen LogP contribution in [-0.2, 0) is 14.1 Å². The summed E-state index contributed by atoms with van der Waals surface area (Å²) >= 11 is 0. The van der Waals surface area contributed by atoms with E-state index in [4.69, 9.17) is 4.98 Å². The van der Waals surface area contributed by atoms with Crippen molar-refractivity contribution in [1.29, 1.82) is 0 Å². The van der Waals surface area contributed by atoms with Gasteiger partial charge in [0, 0.05) is 0 Å². The molecular weight excluding hydrogens is 334 g/mol. The van der Waals surface area contributed by atoms with E-state index >= 15 is 0 Å². The standard InChI is InChI=1S/C22H18N5/c1-24-17-11-5-6-12-18(17)27-20-14-8-7-13-19(20)26-16-10-4-3-9-15(16)23-21(26)25(2)22(24)27/h3-14H,1-2H3/q+1. The zero-order valence-corrected chi connectivity index (χ0v) is 15.2. The summed E-state index contributed by atoms with van der Waals surface area (Å²) in [7, 11) is 4.21. The summed E-state index contributed by atoms with van der Waals surface area (Å²) in [5.41, 5.74) is 6.78. The van der Waals surface area contributed by atoms with Crippen molar-refractivity contribution in [2.75, 3.05) is 0 Å². The van der Waals surface area contributed by atoms with Gasteiger partial charge in [-0.05, 0) is 36.4 Å². The molecule has 0 radical (unpaired) electrons. The summed E-state index contributed by atoms with van der Waals surface area (Å²) in [6.07, 6.45) is 0. The molecule has 0 amide bonds. The second-order valence-electron chi connectivity index (χ2n) is 6.97. The first-order valence-electron chi connectivity index (χ1n) is 9.06. The number of rotatable bonds is 0. The first-order valence-corrected chi connectivity index (χ1v) is 9.06. The minimum absolute atomic E-state index is 0.917. The molecule has 0 N–H and O–H groups in total. The summed E-state index contributed by atoms with van der Waals surface area (Å²) in [6, 6.07) is 25.4. The highest BCUT2D eigenvalue weighted by Gasteiger charge is 2.22. The SMILES string of the molecule is Cn1c2nc3ccccc3n2c2ccccc2n2c3ccccc3[n+](C)c12. The van der Waals surface area contributed by atoms with Gasteiger partial charge in [0.25, 0.3) is 5.78 Å². The lowest BCUT2D eigenvalue weighted by Gasteiger charge is -1.97. The molecule has 130 valence electrons. The molecule has 3 aromatic carbocycles. The Morgan fingerprint density at radius 1 is 0.704 bits per heavy atom. The van der Waals surface area contributed by atoms with Gasteiger partial charge in [-0.15, -0.1) is 0 Å². The quantitative estimate of drug-likeness (QED) is 0.383. The Balaban J connectivity index is 2.10. The van der Waals surface area contributed by atoms with E-state index in [1.165, 1.54) is 11.0 Å². The fraction of sp³-hybridized carbons (Fsp3) is 0.0909. The third-order valence-electron chi connectivity index (χ3n) is 5.49. The molecule has 6 rings (SSSR count). The van der Waals surface area contributed by atoms with Crippen molar-refractivity contribution in [2.24, 2.45) is 14.1 Å². The van der Waals surface area contributed by atoms with E-state index < -0.39 is 0 Å². The Morgan fingerprint density at radius 3 is 2.07 bits per heavy atom. The molecule has 0 saturated heterocycles. The van der Waals surface area contributed by atoms with Gasteiger partial charge < -0.3 is 0 Å². The predicted molar refractivity (Wildman–Crippen MR) is 108 cm³/mol. The number of imidazole rings is 2. The molecule has 5 nitrogen and oxygen atoms in total. The maximum absolute atomic E-state index is 4.97. The Kier molecular flexibility index (Phi) is 2.68. The van der Waals surface area contributed by atoms with Crippen LogP contribution in [0.15, 0.2) is 72.8 Å². The highest BCUT2D eigenvalue weighted by Crippen LogP contribution is 2.25. The van der Waals surface area contributed by atoms with Crippen LogP contribution in [0, 0.1) is 0 Å². The Bertz CT molecular complexity index is 1550. The van der Waals surface area contributed by atoms with Gasteiger partial charge in [0.15, 0.2) is 0 Å². The topological polar surface area (TPSA) is 30.5 Å². The maximum Gasteiger partial charge on any atom is 0.372 e. The van der Waals surface area contributed by atoms with Crippen LogP contribution in [0.2, 0.25) is 0 Å². The molecular formula is C22H18N5+. The van der Waals surface area contributed by atoms with Crippen LogP contribution in [0.3, 0.4) is 0 Å². The lowest BCUT2D eigenvalue weighted by molar-refractivity contribution is -0.621. The summed E-state index contributed by atoms with van der Waals surface area (Å²) in [6.45, 7) is 0. The zero-order chi connectivity index (χ0) is 18.1. The molecule has 0 atom stereocenters. The van der Waals surface area contributed by atoms with E-state index in [0.29, 0.717) is 0 Å². The maximum atomic E-state index is 4.97. The average molecular weight is 352 g/mol. The van der Waals surface area contributed by atoms with Crippen molar-refractivity contribution >= 4 is 44.7 Å². The predicted octanol–water partition coefficient (Wildman–Crippen LogP) is 3.77. The van der Waals surface area contributed by atoms with Gasteiger partial charge in [-0.25, -0.2) is 9.13 Å². The van der Waals surface area contributed by atoms with Crippen LogP contribution in [0.4, 0.5) is 0 Å². The van der Waals surface area contributed by atoms with Crippen molar-refractivity contribution in [3.63, 3.8) is 0 Å². The second-order valence-corrected chi connectivity index (χ2v) is 6.97. The normalized spacial score (nSPS) is 12.1. The van der Waals surface area contributed by atoms with Crippen LogP contribution < -0.4 is 4.57 Å². The highest BCUT2D eigenvalue weighted by atomic mass is 15.3.